The van der Waals surface area contributed by atoms with Crippen molar-refractivity contribution in [3.8, 4) is 5.75 Å². The van der Waals surface area contributed by atoms with E-state index in [0.717, 1.165) is 17.0 Å². The smallest absolute Gasteiger partial charge is 0.339 e. The molecule has 1 atom stereocenters. The molecule has 0 bridgehead atoms. The highest BCUT2D eigenvalue weighted by molar-refractivity contribution is 7.87. The number of carbonyl (C=O) groups excluding carboxylic acids is 1. The lowest BCUT2D eigenvalue weighted by Gasteiger charge is -2.16. The molecule has 0 aliphatic carbocycles. The minimum absolute atomic E-state index is 0.0938. The second-order valence-electron chi connectivity index (χ2n) is 4.31. The minimum atomic E-state index is -4.84. The fraction of sp³-hybridized carbons (Fsp3) is 0.273. The van der Waals surface area contributed by atoms with Crippen LogP contribution in [0.4, 0.5) is 9.57 Å². The number of carboxylic acids is 1. The molecule has 1 aliphatic rings. The molecule has 9 heteroatoms. The molecule has 108 valence electrons. The predicted molar refractivity (Wildman–Crippen MR) is 65.9 cm³/mol. The van der Waals surface area contributed by atoms with E-state index in [4.69, 9.17) is 5.11 Å². The Morgan fingerprint density at radius 1 is 1.40 bits per heavy atom. The zero-order valence-electron chi connectivity index (χ0n) is 9.98. The molecule has 0 radical (unpaired) electrons. The summed E-state index contributed by atoms with van der Waals surface area (Å²) in [4.78, 5) is 23.5. The number of hydrogen-bond donors (Lipinski definition) is 2. The summed E-state index contributed by atoms with van der Waals surface area (Å²) in [5.74, 6) is -2.51. The van der Waals surface area contributed by atoms with Gasteiger partial charge in [0.25, 0.3) is 0 Å². The summed E-state index contributed by atoms with van der Waals surface area (Å²) in [6.07, 6.45) is -0.498. The molecule has 1 amide bonds. The summed E-state index contributed by atoms with van der Waals surface area (Å²) < 4.78 is 34.5. The molecule has 0 spiro atoms. The normalized spacial score (nSPS) is 19.4. The molecule has 1 saturated heterocycles. The Morgan fingerprint density at radius 2 is 2.05 bits per heavy atom. The van der Waals surface area contributed by atoms with Crippen LogP contribution >= 0.6 is 0 Å². The average Bonchev–Trinajstić information content (AvgIpc) is 2.71. The van der Waals surface area contributed by atoms with Gasteiger partial charge in [0.1, 0.15) is 16.6 Å². The van der Waals surface area contributed by atoms with Crippen molar-refractivity contribution in [3.63, 3.8) is 0 Å². The van der Waals surface area contributed by atoms with Gasteiger partial charge in [-0.1, -0.05) is 0 Å². The van der Waals surface area contributed by atoms with Crippen LogP contribution in [0.5, 0.6) is 5.75 Å². The van der Waals surface area contributed by atoms with Crippen molar-refractivity contribution in [3.05, 3.63) is 23.8 Å². The van der Waals surface area contributed by atoms with E-state index in [9.17, 15) is 27.0 Å². The van der Waals surface area contributed by atoms with Crippen molar-refractivity contribution < 1.29 is 32.1 Å². The third kappa shape index (κ3) is 2.57. The molecule has 1 heterocycles. The van der Waals surface area contributed by atoms with Gasteiger partial charge in [-0.05, 0) is 18.2 Å². The number of nitrogens with zero attached hydrogens (tertiary/aromatic N) is 1. The first-order valence-electron chi connectivity index (χ1n) is 5.50. The maximum absolute atomic E-state index is 12.9. The molecule has 2 rings (SSSR count). The lowest BCUT2D eigenvalue weighted by Crippen LogP contribution is -2.27. The highest BCUT2D eigenvalue weighted by Gasteiger charge is 2.39. The van der Waals surface area contributed by atoms with Gasteiger partial charge in [-0.2, -0.15) is 8.42 Å². The van der Waals surface area contributed by atoms with E-state index in [-0.39, 0.29) is 12.2 Å². The first-order valence-corrected chi connectivity index (χ1v) is 6.95. The zero-order valence-corrected chi connectivity index (χ0v) is 10.8. The van der Waals surface area contributed by atoms with Crippen LogP contribution in [0.3, 0.4) is 0 Å². The molecule has 1 fully saturated rings. The number of aromatic hydroxyl groups is 1. The van der Waals surface area contributed by atoms with E-state index in [0.29, 0.717) is 0 Å². The number of rotatable bonds is 3. The quantitative estimate of drug-likeness (QED) is 0.786. The monoisotopic (exact) mass is 303 g/mol. The Bertz CT molecular complexity index is 686. The summed E-state index contributed by atoms with van der Waals surface area (Å²) in [5.41, 5.74) is -0.335. The largest absolute Gasteiger partial charge is 0.507 e. The predicted octanol–water partition coefficient (Wildman–Crippen LogP) is 0.495. The van der Waals surface area contributed by atoms with Gasteiger partial charge < -0.3 is 15.1 Å². The van der Waals surface area contributed by atoms with Crippen molar-refractivity contribution in [2.75, 3.05) is 11.4 Å². The van der Waals surface area contributed by atoms with Crippen molar-refractivity contribution in [1.29, 1.82) is 0 Å². The SMILES string of the molecule is O=C(O)c1cc(N2CC(S(=O)(=O)F)CC2=O)ccc1O. The standard InChI is InChI=1S/C11H10FNO6S/c12-20(18,19)7-4-10(15)13(5-7)6-1-2-9(14)8(3-6)11(16)17/h1-3,7,14H,4-5H2,(H,16,17). The van der Waals surface area contributed by atoms with E-state index < -0.39 is 45.1 Å². The summed E-state index contributed by atoms with van der Waals surface area (Å²) in [7, 11) is -4.84. The molecule has 7 nitrogen and oxygen atoms in total. The van der Waals surface area contributed by atoms with E-state index in [1.165, 1.54) is 6.07 Å². The van der Waals surface area contributed by atoms with Crippen molar-refractivity contribution in [2.24, 2.45) is 0 Å². The first-order chi connectivity index (χ1) is 9.20. The molecular weight excluding hydrogens is 293 g/mol. The summed E-state index contributed by atoms with van der Waals surface area (Å²) in [6.45, 7) is -0.387. The second-order valence-corrected chi connectivity index (χ2v) is 5.93. The molecule has 1 aliphatic heterocycles. The van der Waals surface area contributed by atoms with Gasteiger partial charge >= 0.3 is 16.2 Å². The first kappa shape index (κ1) is 14.3. The van der Waals surface area contributed by atoms with Gasteiger partial charge in [-0.15, -0.1) is 3.89 Å². The van der Waals surface area contributed by atoms with Gasteiger partial charge in [0, 0.05) is 18.7 Å². The topological polar surface area (TPSA) is 112 Å². The Morgan fingerprint density at radius 3 is 2.55 bits per heavy atom. The van der Waals surface area contributed by atoms with Crippen molar-refractivity contribution in [2.45, 2.75) is 11.7 Å². The Hall–Kier alpha value is -2.16. The Kier molecular flexibility index (Phi) is 3.38. The Balaban J connectivity index is 2.36. The van der Waals surface area contributed by atoms with Crippen LogP contribution < -0.4 is 4.90 Å². The maximum Gasteiger partial charge on any atom is 0.339 e. The maximum atomic E-state index is 12.9. The molecule has 1 unspecified atom stereocenters. The average molecular weight is 303 g/mol. The molecule has 0 aromatic heterocycles. The lowest BCUT2D eigenvalue weighted by atomic mass is 10.1. The summed E-state index contributed by atoms with van der Waals surface area (Å²) in [5, 5.41) is 16.8. The van der Waals surface area contributed by atoms with Gasteiger partial charge in [-0.25, -0.2) is 4.79 Å². The van der Waals surface area contributed by atoms with E-state index in [1.54, 1.807) is 0 Å². The van der Waals surface area contributed by atoms with Gasteiger partial charge in [0.05, 0.1) is 0 Å². The number of amides is 1. The fourth-order valence-electron chi connectivity index (χ4n) is 1.98. The van der Waals surface area contributed by atoms with Gasteiger partial charge in [-0.3, -0.25) is 4.79 Å². The van der Waals surface area contributed by atoms with Crippen LogP contribution in [-0.4, -0.2) is 42.3 Å². The highest BCUT2D eigenvalue weighted by atomic mass is 32.3. The highest BCUT2D eigenvalue weighted by Crippen LogP contribution is 2.29. The molecule has 2 N–H and O–H groups in total. The van der Waals surface area contributed by atoms with E-state index in [1.807, 2.05) is 0 Å². The number of benzene rings is 1. The van der Waals surface area contributed by atoms with E-state index >= 15 is 0 Å². The number of halogens is 1. The van der Waals surface area contributed by atoms with Crippen molar-refractivity contribution >= 4 is 27.8 Å². The van der Waals surface area contributed by atoms with Crippen molar-refractivity contribution in [1.82, 2.24) is 0 Å². The van der Waals surface area contributed by atoms with Crippen LogP contribution in [0, 0.1) is 0 Å². The fourth-order valence-corrected chi connectivity index (χ4v) is 2.64. The number of hydrogen-bond acceptors (Lipinski definition) is 5. The second kappa shape index (κ2) is 4.75. The molecule has 1 aromatic rings. The van der Waals surface area contributed by atoms with Gasteiger partial charge in [0.15, 0.2) is 0 Å². The molecule has 1 aromatic carbocycles. The molecule has 20 heavy (non-hydrogen) atoms. The number of carboxylic acid groups (broad SMARTS) is 1. The molecule has 0 saturated carbocycles. The lowest BCUT2D eigenvalue weighted by molar-refractivity contribution is -0.117. The van der Waals surface area contributed by atoms with Crippen LogP contribution in [0.1, 0.15) is 16.8 Å². The van der Waals surface area contributed by atoms with Crippen LogP contribution in [-0.2, 0) is 15.0 Å². The molecular formula is C11H10FNO6S. The number of carbonyl (C=O) groups is 2. The number of phenols is 1. The van der Waals surface area contributed by atoms with Gasteiger partial charge in [0.2, 0.25) is 5.91 Å². The third-order valence-electron chi connectivity index (χ3n) is 3.01. The van der Waals surface area contributed by atoms with Crippen LogP contribution in [0.2, 0.25) is 0 Å². The number of anilines is 1. The Labute approximate surface area is 113 Å². The van der Waals surface area contributed by atoms with Crippen LogP contribution in [0.25, 0.3) is 0 Å². The summed E-state index contributed by atoms with van der Waals surface area (Å²) >= 11 is 0. The van der Waals surface area contributed by atoms with E-state index in [2.05, 4.69) is 0 Å². The number of aromatic carboxylic acids is 1. The minimum Gasteiger partial charge on any atom is -0.507 e. The third-order valence-corrected chi connectivity index (χ3v) is 4.12. The zero-order chi connectivity index (χ0) is 15.1. The van der Waals surface area contributed by atoms with Crippen LogP contribution in [0.15, 0.2) is 18.2 Å². The summed E-state index contributed by atoms with van der Waals surface area (Å²) in [6, 6.07) is 3.36.